The maximum atomic E-state index is 11.0. The van der Waals surface area contributed by atoms with Crippen LogP contribution in [-0.4, -0.2) is 33.4 Å². The highest BCUT2D eigenvalue weighted by Crippen LogP contribution is 2.21. The van der Waals surface area contributed by atoms with Gasteiger partial charge in [0.2, 0.25) is 10.0 Å². The number of nitrogens with one attached hydrogen (secondary N) is 1. The van der Waals surface area contributed by atoms with E-state index in [0.717, 1.165) is 32.3 Å². The summed E-state index contributed by atoms with van der Waals surface area (Å²) >= 11 is 0. The molecule has 1 N–H and O–H groups in total. The van der Waals surface area contributed by atoms with E-state index in [9.17, 15) is 8.42 Å². The van der Waals surface area contributed by atoms with Crippen LogP contribution in [0.1, 0.15) is 32.6 Å². The zero-order valence-electron chi connectivity index (χ0n) is 8.82. The standard InChI is InChI=1S/C9H19NO3S/c1-3-13-9-6-4-8(5-7-9)10-14(2,11)12/h8-10H,3-7H2,1-2H3. The van der Waals surface area contributed by atoms with E-state index in [-0.39, 0.29) is 6.04 Å². The van der Waals surface area contributed by atoms with Crippen molar-refractivity contribution in [2.75, 3.05) is 12.9 Å². The lowest BCUT2D eigenvalue weighted by Gasteiger charge is -2.28. The molecule has 1 saturated carbocycles. The summed E-state index contributed by atoms with van der Waals surface area (Å²) in [6, 6.07) is 0.113. The average Bonchev–Trinajstić information content (AvgIpc) is 2.06. The normalized spacial score (nSPS) is 29.0. The van der Waals surface area contributed by atoms with E-state index in [0.29, 0.717) is 6.10 Å². The summed E-state index contributed by atoms with van der Waals surface area (Å²) in [4.78, 5) is 0. The molecule has 1 rings (SSSR count). The van der Waals surface area contributed by atoms with Crippen LogP contribution in [0, 0.1) is 0 Å². The van der Waals surface area contributed by atoms with Crippen molar-refractivity contribution in [2.24, 2.45) is 0 Å². The van der Waals surface area contributed by atoms with E-state index < -0.39 is 10.0 Å². The first-order chi connectivity index (χ1) is 6.51. The van der Waals surface area contributed by atoms with Gasteiger partial charge in [-0.2, -0.15) is 0 Å². The highest BCUT2D eigenvalue weighted by Gasteiger charge is 2.22. The number of hydrogen-bond donors (Lipinski definition) is 1. The molecule has 1 aliphatic carbocycles. The molecule has 1 aliphatic rings. The van der Waals surface area contributed by atoms with Crippen molar-refractivity contribution in [3.05, 3.63) is 0 Å². The molecule has 0 atom stereocenters. The Morgan fingerprint density at radius 2 is 1.86 bits per heavy atom. The maximum absolute atomic E-state index is 11.0. The smallest absolute Gasteiger partial charge is 0.208 e. The number of ether oxygens (including phenoxy) is 1. The van der Waals surface area contributed by atoms with Crippen molar-refractivity contribution in [1.29, 1.82) is 0 Å². The van der Waals surface area contributed by atoms with Gasteiger partial charge in [0.1, 0.15) is 0 Å². The van der Waals surface area contributed by atoms with Crippen molar-refractivity contribution in [1.82, 2.24) is 4.72 Å². The summed E-state index contributed by atoms with van der Waals surface area (Å²) in [7, 11) is -3.04. The molecule has 0 aromatic rings. The molecule has 4 nitrogen and oxygen atoms in total. The summed E-state index contributed by atoms with van der Waals surface area (Å²) in [6.45, 7) is 2.73. The first kappa shape index (κ1) is 11.9. The maximum Gasteiger partial charge on any atom is 0.208 e. The van der Waals surface area contributed by atoms with E-state index in [4.69, 9.17) is 4.74 Å². The zero-order valence-corrected chi connectivity index (χ0v) is 9.64. The fourth-order valence-electron chi connectivity index (χ4n) is 1.89. The highest BCUT2D eigenvalue weighted by molar-refractivity contribution is 7.88. The van der Waals surface area contributed by atoms with Crippen molar-refractivity contribution in [3.8, 4) is 0 Å². The molecule has 0 aliphatic heterocycles. The lowest BCUT2D eigenvalue weighted by Crippen LogP contribution is -2.38. The van der Waals surface area contributed by atoms with Crippen molar-refractivity contribution >= 4 is 10.0 Å². The number of rotatable bonds is 4. The van der Waals surface area contributed by atoms with E-state index in [1.165, 1.54) is 6.26 Å². The number of hydrogen-bond acceptors (Lipinski definition) is 3. The van der Waals surface area contributed by atoms with Gasteiger partial charge in [0.05, 0.1) is 12.4 Å². The molecular weight excluding hydrogens is 202 g/mol. The van der Waals surface area contributed by atoms with Gasteiger partial charge in [-0.15, -0.1) is 0 Å². The molecule has 0 radical (unpaired) electrons. The predicted molar refractivity (Wildman–Crippen MR) is 55.6 cm³/mol. The van der Waals surface area contributed by atoms with Gasteiger partial charge in [-0.25, -0.2) is 13.1 Å². The third kappa shape index (κ3) is 4.39. The van der Waals surface area contributed by atoms with Crippen LogP contribution in [0.15, 0.2) is 0 Å². The fraction of sp³-hybridized carbons (Fsp3) is 1.00. The van der Waals surface area contributed by atoms with Crippen molar-refractivity contribution in [2.45, 2.75) is 44.8 Å². The lowest BCUT2D eigenvalue weighted by atomic mass is 9.94. The van der Waals surface area contributed by atoms with Gasteiger partial charge < -0.3 is 4.74 Å². The summed E-state index contributed by atoms with van der Waals surface area (Å²) in [5.74, 6) is 0. The quantitative estimate of drug-likeness (QED) is 0.767. The Morgan fingerprint density at radius 1 is 1.29 bits per heavy atom. The third-order valence-electron chi connectivity index (χ3n) is 2.46. The van der Waals surface area contributed by atoms with Gasteiger partial charge in [0.25, 0.3) is 0 Å². The topological polar surface area (TPSA) is 55.4 Å². The van der Waals surface area contributed by atoms with Gasteiger partial charge in [-0.05, 0) is 32.6 Å². The average molecular weight is 221 g/mol. The van der Waals surface area contributed by atoms with Gasteiger partial charge >= 0.3 is 0 Å². The first-order valence-corrected chi connectivity index (χ1v) is 6.99. The molecule has 0 aromatic carbocycles. The minimum absolute atomic E-state index is 0.113. The second-order valence-electron chi connectivity index (χ2n) is 3.82. The van der Waals surface area contributed by atoms with Gasteiger partial charge in [-0.3, -0.25) is 0 Å². The van der Waals surface area contributed by atoms with Crippen LogP contribution >= 0.6 is 0 Å². The van der Waals surface area contributed by atoms with Crippen molar-refractivity contribution in [3.63, 3.8) is 0 Å². The Kier molecular flexibility index (Phi) is 4.34. The Bertz CT molecular complexity index is 255. The monoisotopic (exact) mass is 221 g/mol. The van der Waals surface area contributed by atoms with Crippen LogP contribution in [0.25, 0.3) is 0 Å². The molecule has 0 heterocycles. The van der Waals surface area contributed by atoms with E-state index in [2.05, 4.69) is 4.72 Å². The Labute approximate surface area is 86.1 Å². The largest absolute Gasteiger partial charge is 0.379 e. The summed E-state index contributed by atoms with van der Waals surface area (Å²) in [5.41, 5.74) is 0. The van der Waals surface area contributed by atoms with Gasteiger partial charge in [0, 0.05) is 12.6 Å². The molecule has 14 heavy (non-hydrogen) atoms. The molecule has 1 fully saturated rings. The molecule has 0 unspecified atom stereocenters. The number of sulfonamides is 1. The highest BCUT2D eigenvalue weighted by atomic mass is 32.2. The summed E-state index contributed by atoms with van der Waals surface area (Å²) in [5, 5.41) is 0. The van der Waals surface area contributed by atoms with E-state index >= 15 is 0 Å². The van der Waals surface area contributed by atoms with Gasteiger partial charge in [-0.1, -0.05) is 0 Å². The van der Waals surface area contributed by atoms with Crippen LogP contribution in [0.4, 0.5) is 0 Å². The predicted octanol–water partition coefficient (Wildman–Crippen LogP) is 0.883. The molecule has 0 aromatic heterocycles. The van der Waals surface area contributed by atoms with E-state index in [1.807, 2.05) is 6.92 Å². The minimum atomic E-state index is -3.04. The van der Waals surface area contributed by atoms with Crippen LogP contribution in [0.2, 0.25) is 0 Å². The molecule has 84 valence electrons. The fourth-order valence-corrected chi connectivity index (χ4v) is 2.73. The van der Waals surface area contributed by atoms with Crippen LogP contribution in [-0.2, 0) is 14.8 Å². The SMILES string of the molecule is CCOC1CCC(NS(C)(=O)=O)CC1. The Balaban J connectivity index is 2.29. The van der Waals surface area contributed by atoms with Crippen LogP contribution in [0.3, 0.4) is 0 Å². The second-order valence-corrected chi connectivity index (χ2v) is 5.60. The molecule has 5 heteroatoms. The molecule has 0 amide bonds. The third-order valence-corrected chi connectivity index (χ3v) is 3.22. The lowest BCUT2D eigenvalue weighted by molar-refractivity contribution is 0.0321. The van der Waals surface area contributed by atoms with Crippen LogP contribution in [0.5, 0.6) is 0 Å². The molecule has 0 saturated heterocycles. The minimum Gasteiger partial charge on any atom is -0.379 e. The summed E-state index contributed by atoms with van der Waals surface area (Å²) < 4.78 is 30.1. The molecule has 0 bridgehead atoms. The zero-order chi connectivity index (χ0) is 10.6. The Hall–Kier alpha value is -0.130. The Morgan fingerprint density at radius 3 is 2.29 bits per heavy atom. The first-order valence-electron chi connectivity index (χ1n) is 5.10. The van der Waals surface area contributed by atoms with Gasteiger partial charge in [0.15, 0.2) is 0 Å². The molecular formula is C9H19NO3S. The van der Waals surface area contributed by atoms with E-state index in [1.54, 1.807) is 0 Å². The summed E-state index contributed by atoms with van der Waals surface area (Å²) in [6.07, 6.45) is 5.23. The van der Waals surface area contributed by atoms with Crippen molar-refractivity contribution < 1.29 is 13.2 Å². The second kappa shape index (κ2) is 5.09. The molecule has 0 spiro atoms. The van der Waals surface area contributed by atoms with Crippen LogP contribution < -0.4 is 4.72 Å².